The summed E-state index contributed by atoms with van der Waals surface area (Å²) in [5, 5.41) is 0.308. The number of ether oxygens (including phenoxy) is 1. The summed E-state index contributed by atoms with van der Waals surface area (Å²) in [4.78, 5) is 0. The molecule has 7 heteroatoms. The molecule has 2 aromatic carbocycles. The highest BCUT2D eigenvalue weighted by atomic mass is 35.5. The lowest BCUT2D eigenvalue weighted by Gasteiger charge is -2.10. The molecule has 0 saturated carbocycles. The fourth-order valence-electron chi connectivity index (χ4n) is 1.52. The van der Waals surface area contributed by atoms with Gasteiger partial charge >= 0.3 is 0 Å². The Morgan fingerprint density at radius 3 is 2.15 bits per heavy atom. The zero-order valence-electron chi connectivity index (χ0n) is 9.89. The Labute approximate surface area is 116 Å². The number of hydrogen-bond acceptors (Lipinski definition) is 2. The Morgan fingerprint density at radius 1 is 1.00 bits per heavy atom. The van der Waals surface area contributed by atoms with Crippen LogP contribution in [-0.4, -0.2) is 0 Å². The molecular weight excluding hydrogens is 298 g/mol. The van der Waals surface area contributed by atoms with E-state index in [1.54, 1.807) is 0 Å². The third-order valence-electron chi connectivity index (χ3n) is 2.52. The van der Waals surface area contributed by atoms with E-state index < -0.39 is 29.0 Å². The van der Waals surface area contributed by atoms with Crippen LogP contribution in [0.15, 0.2) is 24.3 Å². The maximum absolute atomic E-state index is 13.3. The molecule has 0 bridgehead atoms. The molecule has 2 rings (SSSR count). The summed E-state index contributed by atoms with van der Waals surface area (Å²) in [6, 6.07) is 4.50. The van der Waals surface area contributed by atoms with Crippen LogP contribution in [0, 0.1) is 23.3 Å². The normalized spacial score (nSPS) is 10.7. The fraction of sp³-hybridized carbons (Fsp3) is 0.0769. The third-order valence-corrected chi connectivity index (χ3v) is 2.86. The van der Waals surface area contributed by atoms with Gasteiger partial charge in [-0.05, 0) is 17.7 Å². The molecule has 2 aromatic rings. The van der Waals surface area contributed by atoms with Crippen molar-refractivity contribution in [3.8, 4) is 5.75 Å². The maximum atomic E-state index is 13.3. The molecule has 0 heterocycles. The number of anilines is 1. The van der Waals surface area contributed by atoms with Crippen LogP contribution in [-0.2, 0) is 6.61 Å². The predicted octanol–water partition coefficient (Wildman–Crippen LogP) is 4.06. The van der Waals surface area contributed by atoms with E-state index in [9.17, 15) is 17.6 Å². The molecule has 2 nitrogen and oxygen atoms in total. The minimum Gasteiger partial charge on any atom is -0.483 e. The molecule has 106 valence electrons. The van der Waals surface area contributed by atoms with Crippen LogP contribution in [0.5, 0.6) is 5.75 Å². The molecule has 0 amide bonds. The second kappa shape index (κ2) is 5.58. The molecule has 0 atom stereocenters. The van der Waals surface area contributed by atoms with E-state index in [0.29, 0.717) is 10.6 Å². The molecular formula is C13H8ClF4NO. The molecule has 0 aliphatic carbocycles. The van der Waals surface area contributed by atoms with Gasteiger partial charge in [-0.2, -0.15) is 8.78 Å². The molecule has 2 N–H and O–H groups in total. The van der Waals surface area contributed by atoms with Crippen molar-refractivity contribution in [1.29, 1.82) is 0 Å². The van der Waals surface area contributed by atoms with E-state index in [-0.39, 0.29) is 18.4 Å². The van der Waals surface area contributed by atoms with Gasteiger partial charge in [0.2, 0.25) is 11.6 Å². The summed E-state index contributed by atoms with van der Waals surface area (Å²) < 4.78 is 57.4. The van der Waals surface area contributed by atoms with Gasteiger partial charge in [-0.1, -0.05) is 17.7 Å². The van der Waals surface area contributed by atoms with E-state index in [1.807, 2.05) is 0 Å². The van der Waals surface area contributed by atoms with Gasteiger partial charge in [0.1, 0.15) is 6.61 Å². The van der Waals surface area contributed by atoms with Gasteiger partial charge in [-0.3, -0.25) is 0 Å². The van der Waals surface area contributed by atoms with Crippen molar-refractivity contribution < 1.29 is 22.3 Å². The average molecular weight is 306 g/mol. The monoisotopic (exact) mass is 305 g/mol. The molecule has 0 aromatic heterocycles. The van der Waals surface area contributed by atoms with Crippen molar-refractivity contribution in [3.05, 3.63) is 58.1 Å². The van der Waals surface area contributed by atoms with Crippen LogP contribution < -0.4 is 10.5 Å². The number of nitrogen functional groups attached to an aromatic ring is 1. The SMILES string of the molecule is Nc1cc(COc2c(F)c(F)cc(F)c2F)ccc1Cl. The lowest BCUT2D eigenvalue weighted by atomic mass is 10.2. The molecule has 0 fully saturated rings. The lowest BCUT2D eigenvalue weighted by Crippen LogP contribution is -2.04. The van der Waals surface area contributed by atoms with Gasteiger partial charge < -0.3 is 10.5 Å². The zero-order chi connectivity index (χ0) is 14.9. The van der Waals surface area contributed by atoms with Crippen molar-refractivity contribution in [2.24, 2.45) is 0 Å². The molecule has 0 saturated heterocycles. The largest absolute Gasteiger partial charge is 0.483 e. The first-order valence-electron chi connectivity index (χ1n) is 5.40. The number of rotatable bonds is 3. The summed E-state index contributed by atoms with van der Waals surface area (Å²) in [5.41, 5.74) is 6.23. The van der Waals surface area contributed by atoms with Crippen LogP contribution in [0.3, 0.4) is 0 Å². The number of halogens is 5. The first kappa shape index (κ1) is 14.5. The highest BCUT2D eigenvalue weighted by molar-refractivity contribution is 6.33. The van der Waals surface area contributed by atoms with Gasteiger partial charge in [-0.25, -0.2) is 8.78 Å². The number of hydrogen-bond donors (Lipinski definition) is 1. The molecule has 0 spiro atoms. The summed E-state index contributed by atoms with van der Waals surface area (Å²) in [6.07, 6.45) is 0. The second-order valence-corrected chi connectivity index (χ2v) is 4.35. The van der Waals surface area contributed by atoms with E-state index in [1.165, 1.54) is 18.2 Å². The minimum absolute atomic E-state index is 0.109. The lowest BCUT2D eigenvalue weighted by molar-refractivity contribution is 0.261. The van der Waals surface area contributed by atoms with E-state index in [4.69, 9.17) is 22.1 Å². The summed E-state index contributed by atoms with van der Waals surface area (Å²) in [7, 11) is 0. The second-order valence-electron chi connectivity index (χ2n) is 3.94. The molecule has 20 heavy (non-hydrogen) atoms. The Morgan fingerprint density at radius 2 is 1.60 bits per heavy atom. The van der Waals surface area contributed by atoms with Crippen LogP contribution in [0.1, 0.15) is 5.56 Å². The van der Waals surface area contributed by atoms with Crippen molar-refractivity contribution in [2.75, 3.05) is 5.73 Å². The molecule has 0 aliphatic rings. The van der Waals surface area contributed by atoms with Gasteiger partial charge in [0.25, 0.3) is 0 Å². The topological polar surface area (TPSA) is 35.2 Å². The Balaban J connectivity index is 2.25. The first-order valence-corrected chi connectivity index (χ1v) is 5.77. The zero-order valence-corrected chi connectivity index (χ0v) is 10.6. The fourth-order valence-corrected chi connectivity index (χ4v) is 1.63. The summed E-state index contributed by atoms with van der Waals surface area (Å²) in [5.74, 6) is -7.36. The summed E-state index contributed by atoms with van der Waals surface area (Å²) >= 11 is 5.70. The molecule has 0 radical (unpaired) electrons. The Hall–Kier alpha value is -1.95. The average Bonchev–Trinajstić information content (AvgIpc) is 2.40. The standard InChI is InChI=1S/C13H8ClF4NO/c14-7-2-1-6(3-10(7)19)5-20-13-11(17)8(15)4-9(16)12(13)18/h1-4H,5,19H2. The third kappa shape index (κ3) is 2.80. The van der Waals surface area contributed by atoms with Gasteiger partial charge in [0.15, 0.2) is 17.4 Å². The predicted molar refractivity (Wildman–Crippen MR) is 66.5 cm³/mol. The summed E-state index contributed by atoms with van der Waals surface area (Å²) in [6.45, 7) is -0.321. The van der Waals surface area contributed by atoms with Crippen LogP contribution in [0.2, 0.25) is 5.02 Å². The van der Waals surface area contributed by atoms with E-state index in [2.05, 4.69) is 0 Å². The number of nitrogens with two attached hydrogens (primary N) is 1. The van der Waals surface area contributed by atoms with Crippen LogP contribution >= 0.6 is 11.6 Å². The van der Waals surface area contributed by atoms with Crippen LogP contribution in [0.4, 0.5) is 23.2 Å². The van der Waals surface area contributed by atoms with E-state index in [0.717, 1.165) is 0 Å². The van der Waals surface area contributed by atoms with Crippen molar-refractivity contribution in [2.45, 2.75) is 6.61 Å². The van der Waals surface area contributed by atoms with Gasteiger partial charge in [0.05, 0.1) is 10.7 Å². The quantitative estimate of drug-likeness (QED) is 0.527. The van der Waals surface area contributed by atoms with Gasteiger partial charge in [-0.15, -0.1) is 0 Å². The highest BCUT2D eigenvalue weighted by Gasteiger charge is 2.20. The van der Waals surface area contributed by atoms with Crippen molar-refractivity contribution in [1.82, 2.24) is 0 Å². The molecule has 0 aliphatic heterocycles. The maximum Gasteiger partial charge on any atom is 0.203 e. The van der Waals surface area contributed by atoms with Crippen LogP contribution in [0.25, 0.3) is 0 Å². The smallest absolute Gasteiger partial charge is 0.203 e. The first-order chi connectivity index (χ1) is 9.40. The Kier molecular flexibility index (Phi) is 4.04. The van der Waals surface area contributed by atoms with Crippen molar-refractivity contribution >= 4 is 17.3 Å². The highest BCUT2D eigenvalue weighted by Crippen LogP contribution is 2.28. The minimum atomic E-state index is -1.59. The number of benzene rings is 2. The van der Waals surface area contributed by atoms with Gasteiger partial charge in [0, 0.05) is 6.07 Å². The molecule has 0 unspecified atom stereocenters. The Bertz CT molecular complexity index is 637. The van der Waals surface area contributed by atoms with E-state index >= 15 is 0 Å². The van der Waals surface area contributed by atoms with Crippen molar-refractivity contribution in [3.63, 3.8) is 0 Å².